The molecule has 0 bridgehead atoms. The molecule has 0 saturated heterocycles. The predicted molar refractivity (Wildman–Crippen MR) is 79.1 cm³/mol. The second-order valence-corrected chi connectivity index (χ2v) is 4.70. The lowest BCUT2D eigenvalue weighted by molar-refractivity contribution is 0.0696. The number of carbonyl (C=O) groups is 2. The Kier molecular flexibility index (Phi) is 7.01. The first-order valence-corrected chi connectivity index (χ1v) is 6.90. The normalized spacial score (nSPS) is 10.1. The van der Waals surface area contributed by atoms with E-state index in [-0.39, 0.29) is 16.9 Å². The van der Waals surface area contributed by atoms with E-state index < -0.39 is 11.9 Å². The van der Waals surface area contributed by atoms with Gasteiger partial charge in [0.2, 0.25) is 0 Å². The van der Waals surface area contributed by atoms with E-state index in [9.17, 15) is 9.59 Å². The van der Waals surface area contributed by atoms with Crippen molar-refractivity contribution < 1.29 is 24.5 Å². The standard InChI is InChI=1S/C16H20O5/c1-2-3-4-5-6-7-8-21-14-10-12(15(17)18)9-13(11-14)16(19)20/h2,9-11H,1,3-8H2,(H,17,18)(H,19,20). The zero-order valence-corrected chi connectivity index (χ0v) is 11.9. The van der Waals surface area contributed by atoms with Gasteiger partial charge in [-0.15, -0.1) is 6.58 Å². The quantitative estimate of drug-likeness (QED) is 0.508. The number of unbranched alkanes of at least 4 members (excludes halogenated alkanes) is 4. The molecule has 0 aliphatic carbocycles. The highest BCUT2D eigenvalue weighted by molar-refractivity contribution is 5.94. The van der Waals surface area contributed by atoms with Crippen LogP contribution in [0.5, 0.6) is 5.75 Å². The average molecular weight is 292 g/mol. The lowest BCUT2D eigenvalue weighted by atomic mass is 10.1. The molecule has 0 heterocycles. The summed E-state index contributed by atoms with van der Waals surface area (Å²) < 4.78 is 5.45. The van der Waals surface area contributed by atoms with E-state index in [4.69, 9.17) is 14.9 Å². The van der Waals surface area contributed by atoms with Crippen LogP contribution in [-0.4, -0.2) is 28.8 Å². The molecule has 0 fully saturated rings. The Morgan fingerprint density at radius 2 is 1.57 bits per heavy atom. The molecular weight excluding hydrogens is 272 g/mol. The van der Waals surface area contributed by atoms with Crippen molar-refractivity contribution in [1.29, 1.82) is 0 Å². The summed E-state index contributed by atoms with van der Waals surface area (Å²) in [5, 5.41) is 17.9. The molecule has 21 heavy (non-hydrogen) atoms. The molecule has 1 rings (SSSR count). The summed E-state index contributed by atoms with van der Waals surface area (Å²) in [6.07, 6.45) is 6.94. The number of benzene rings is 1. The molecular formula is C16H20O5. The van der Waals surface area contributed by atoms with Gasteiger partial charge in [-0.25, -0.2) is 9.59 Å². The van der Waals surface area contributed by atoms with Crippen LogP contribution in [0, 0.1) is 0 Å². The zero-order valence-electron chi connectivity index (χ0n) is 11.9. The van der Waals surface area contributed by atoms with Gasteiger partial charge in [0.25, 0.3) is 0 Å². The molecule has 0 saturated carbocycles. The fourth-order valence-electron chi connectivity index (χ4n) is 1.86. The van der Waals surface area contributed by atoms with Crippen LogP contribution < -0.4 is 4.74 Å². The number of carboxylic acid groups (broad SMARTS) is 2. The van der Waals surface area contributed by atoms with Crippen LogP contribution in [0.15, 0.2) is 30.9 Å². The molecule has 1 aromatic carbocycles. The topological polar surface area (TPSA) is 83.8 Å². The summed E-state index contributed by atoms with van der Waals surface area (Å²) >= 11 is 0. The van der Waals surface area contributed by atoms with Crippen molar-refractivity contribution in [3.05, 3.63) is 42.0 Å². The first-order valence-electron chi connectivity index (χ1n) is 6.90. The van der Waals surface area contributed by atoms with Crippen LogP contribution in [-0.2, 0) is 0 Å². The van der Waals surface area contributed by atoms with E-state index in [1.54, 1.807) is 0 Å². The third-order valence-corrected chi connectivity index (χ3v) is 2.97. The van der Waals surface area contributed by atoms with Gasteiger partial charge in [0.1, 0.15) is 5.75 Å². The number of ether oxygens (including phenoxy) is 1. The Labute approximate surface area is 123 Å². The molecule has 114 valence electrons. The summed E-state index contributed by atoms with van der Waals surface area (Å²) in [5.41, 5.74) is -0.174. The first kappa shape index (κ1) is 16.8. The number of allylic oxidation sites excluding steroid dienone is 1. The van der Waals surface area contributed by atoms with Crippen molar-refractivity contribution in [2.45, 2.75) is 32.1 Å². The first-order chi connectivity index (χ1) is 10.0. The highest BCUT2D eigenvalue weighted by Gasteiger charge is 2.12. The maximum Gasteiger partial charge on any atom is 0.335 e. The molecule has 0 aliphatic rings. The van der Waals surface area contributed by atoms with E-state index in [2.05, 4.69) is 6.58 Å². The zero-order chi connectivity index (χ0) is 15.7. The van der Waals surface area contributed by atoms with Crippen molar-refractivity contribution >= 4 is 11.9 Å². The molecule has 2 N–H and O–H groups in total. The van der Waals surface area contributed by atoms with Crippen LogP contribution in [0.3, 0.4) is 0 Å². The van der Waals surface area contributed by atoms with E-state index in [1.807, 2.05) is 6.08 Å². The van der Waals surface area contributed by atoms with Crippen molar-refractivity contribution in [2.75, 3.05) is 6.61 Å². The summed E-state index contributed by atoms with van der Waals surface area (Å²) in [6.45, 7) is 4.10. The summed E-state index contributed by atoms with van der Waals surface area (Å²) in [6, 6.07) is 3.80. The van der Waals surface area contributed by atoms with Gasteiger partial charge in [0, 0.05) is 0 Å². The van der Waals surface area contributed by atoms with Crippen LogP contribution in [0.2, 0.25) is 0 Å². The van der Waals surface area contributed by atoms with Gasteiger partial charge in [-0.2, -0.15) is 0 Å². The second-order valence-electron chi connectivity index (χ2n) is 4.70. The molecule has 0 atom stereocenters. The minimum atomic E-state index is -1.17. The van der Waals surface area contributed by atoms with E-state index in [0.29, 0.717) is 6.61 Å². The van der Waals surface area contributed by atoms with Gasteiger partial charge in [0.15, 0.2) is 0 Å². The maximum absolute atomic E-state index is 10.9. The molecule has 5 nitrogen and oxygen atoms in total. The predicted octanol–water partition coefficient (Wildman–Crippen LogP) is 3.60. The van der Waals surface area contributed by atoms with Crippen LogP contribution >= 0.6 is 0 Å². The van der Waals surface area contributed by atoms with Gasteiger partial charge in [-0.05, 0) is 37.5 Å². The number of hydrogen-bond donors (Lipinski definition) is 2. The molecule has 0 unspecified atom stereocenters. The highest BCUT2D eigenvalue weighted by atomic mass is 16.5. The lowest BCUT2D eigenvalue weighted by Crippen LogP contribution is -2.05. The minimum absolute atomic E-state index is 0.0871. The van der Waals surface area contributed by atoms with E-state index in [1.165, 1.54) is 12.1 Å². The Balaban J connectivity index is 2.52. The Hall–Kier alpha value is -2.30. The number of hydrogen-bond acceptors (Lipinski definition) is 3. The van der Waals surface area contributed by atoms with E-state index >= 15 is 0 Å². The summed E-state index contributed by atoms with van der Waals surface area (Å²) in [7, 11) is 0. The van der Waals surface area contributed by atoms with Crippen molar-refractivity contribution in [2.24, 2.45) is 0 Å². The Morgan fingerprint density at radius 1 is 1.00 bits per heavy atom. The van der Waals surface area contributed by atoms with Crippen molar-refractivity contribution in [1.82, 2.24) is 0 Å². The van der Waals surface area contributed by atoms with Crippen molar-refractivity contribution in [3.63, 3.8) is 0 Å². The number of carboxylic acids is 2. The maximum atomic E-state index is 10.9. The molecule has 0 aliphatic heterocycles. The molecule has 0 radical (unpaired) electrons. The fourth-order valence-corrected chi connectivity index (χ4v) is 1.86. The Morgan fingerprint density at radius 3 is 2.10 bits per heavy atom. The van der Waals surface area contributed by atoms with E-state index in [0.717, 1.165) is 38.2 Å². The van der Waals surface area contributed by atoms with Crippen LogP contribution in [0.4, 0.5) is 0 Å². The van der Waals surface area contributed by atoms with Gasteiger partial charge in [0.05, 0.1) is 17.7 Å². The summed E-state index contributed by atoms with van der Waals surface area (Å²) in [5.74, 6) is -2.07. The highest BCUT2D eigenvalue weighted by Crippen LogP contribution is 2.18. The van der Waals surface area contributed by atoms with Gasteiger partial charge in [-0.1, -0.05) is 18.9 Å². The molecule has 1 aromatic rings. The minimum Gasteiger partial charge on any atom is -0.494 e. The van der Waals surface area contributed by atoms with Gasteiger partial charge < -0.3 is 14.9 Å². The molecule has 0 amide bonds. The van der Waals surface area contributed by atoms with Crippen LogP contribution in [0.25, 0.3) is 0 Å². The smallest absolute Gasteiger partial charge is 0.335 e. The number of aromatic carboxylic acids is 2. The lowest BCUT2D eigenvalue weighted by Gasteiger charge is -2.08. The molecule has 5 heteroatoms. The molecule has 0 spiro atoms. The van der Waals surface area contributed by atoms with Crippen LogP contribution in [0.1, 0.15) is 52.8 Å². The van der Waals surface area contributed by atoms with Gasteiger partial charge >= 0.3 is 11.9 Å². The summed E-state index contributed by atoms with van der Waals surface area (Å²) in [4.78, 5) is 21.9. The third kappa shape index (κ3) is 6.12. The fraction of sp³-hybridized carbons (Fsp3) is 0.375. The third-order valence-electron chi connectivity index (χ3n) is 2.97. The van der Waals surface area contributed by atoms with Crippen molar-refractivity contribution in [3.8, 4) is 5.75 Å². The number of rotatable bonds is 10. The van der Waals surface area contributed by atoms with Gasteiger partial charge in [-0.3, -0.25) is 0 Å². The SMILES string of the molecule is C=CCCCCCCOc1cc(C(=O)O)cc(C(=O)O)c1. The monoisotopic (exact) mass is 292 g/mol. The Bertz CT molecular complexity index is 475. The average Bonchev–Trinajstić information content (AvgIpc) is 2.46. The second kappa shape index (κ2) is 8.79. The molecule has 0 aromatic heterocycles. The largest absolute Gasteiger partial charge is 0.494 e.